The molecule has 0 spiro atoms. The van der Waals surface area contributed by atoms with Crippen molar-refractivity contribution in [2.75, 3.05) is 38.5 Å². The molecule has 2 aliphatic rings. The number of aromatic nitrogens is 1. The summed E-state index contributed by atoms with van der Waals surface area (Å²) in [5, 5.41) is 2.80. The quantitative estimate of drug-likeness (QED) is 0.774. The third-order valence-corrected chi connectivity index (χ3v) is 6.08. The molecule has 0 unspecified atom stereocenters. The fraction of sp³-hybridized carbons (Fsp3) is 0.571. The van der Waals surface area contributed by atoms with Crippen LogP contribution in [0.3, 0.4) is 0 Å². The Kier molecular flexibility index (Phi) is 4.42. The van der Waals surface area contributed by atoms with E-state index in [0.29, 0.717) is 26.1 Å². The van der Waals surface area contributed by atoms with Crippen LogP contribution >= 0.6 is 0 Å². The molecule has 120 valence electrons. The molecule has 0 aliphatic carbocycles. The predicted molar refractivity (Wildman–Crippen MR) is 81.7 cm³/mol. The minimum atomic E-state index is -3.35. The SMILES string of the molecule is O=C1NCCN2CCN(S(=O)(=O)CCc3ccncc3)C[C@H]12. The molecule has 3 heterocycles. The Morgan fingerprint density at radius 1 is 1.23 bits per heavy atom. The van der Waals surface area contributed by atoms with Crippen molar-refractivity contribution in [2.24, 2.45) is 0 Å². The van der Waals surface area contributed by atoms with E-state index in [-0.39, 0.29) is 24.2 Å². The van der Waals surface area contributed by atoms with Gasteiger partial charge in [0, 0.05) is 45.1 Å². The lowest BCUT2D eigenvalue weighted by atomic mass is 10.1. The fourth-order valence-corrected chi connectivity index (χ4v) is 4.41. The molecule has 2 aliphatic heterocycles. The summed E-state index contributed by atoms with van der Waals surface area (Å²) in [7, 11) is -3.35. The minimum absolute atomic E-state index is 0.0609. The van der Waals surface area contributed by atoms with Crippen molar-refractivity contribution in [1.29, 1.82) is 0 Å². The first kappa shape index (κ1) is 15.4. The lowest BCUT2D eigenvalue weighted by Crippen LogP contribution is -2.64. The van der Waals surface area contributed by atoms with E-state index < -0.39 is 10.0 Å². The first-order valence-corrected chi connectivity index (χ1v) is 9.06. The number of aryl methyl sites for hydroxylation is 1. The standard InChI is InChI=1S/C14H20N4O3S/c19-14-13-11-18(9-8-17(13)7-6-16-14)22(20,21)10-3-12-1-4-15-5-2-12/h1-2,4-5,13H,3,6-11H2,(H,16,19)/t13-/m1/s1. The zero-order chi connectivity index (χ0) is 15.6. The average Bonchev–Trinajstić information content (AvgIpc) is 2.54. The fourth-order valence-electron chi connectivity index (χ4n) is 2.93. The van der Waals surface area contributed by atoms with E-state index in [9.17, 15) is 13.2 Å². The van der Waals surface area contributed by atoms with Gasteiger partial charge in [-0.2, -0.15) is 4.31 Å². The second kappa shape index (κ2) is 6.31. The van der Waals surface area contributed by atoms with Gasteiger partial charge in [-0.15, -0.1) is 0 Å². The van der Waals surface area contributed by atoms with Gasteiger partial charge < -0.3 is 5.32 Å². The first-order chi connectivity index (χ1) is 10.6. The molecular weight excluding hydrogens is 304 g/mol. The molecule has 7 nitrogen and oxygen atoms in total. The van der Waals surface area contributed by atoms with Crippen LogP contribution in [0.15, 0.2) is 24.5 Å². The number of hydrogen-bond acceptors (Lipinski definition) is 5. The monoisotopic (exact) mass is 324 g/mol. The summed E-state index contributed by atoms with van der Waals surface area (Å²) in [6.07, 6.45) is 3.78. The average molecular weight is 324 g/mol. The molecule has 0 saturated carbocycles. The molecule has 22 heavy (non-hydrogen) atoms. The molecular formula is C14H20N4O3S. The number of carbonyl (C=O) groups excluding carboxylic acids is 1. The molecule has 0 radical (unpaired) electrons. The molecule has 0 aromatic carbocycles. The number of piperazine rings is 2. The van der Waals surface area contributed by atoms with Crippen molar-refractivity contribution in [3.8, 4) is 0 Å². The van der Waals surface area contributed by atoms with Crippen molar-refractivity contribution < 1.29 is 13.2 Å². The Hall–Kier alpha value is -1.51. The second-order valence-corrected chi connectivity index (χ2v) is 7.71. The summed E-state index contributed by atoms with van der Waals surface area (Å²) in [4.78, 5) is 17.9. The van der Waals surface area contributed by atoms with Crippen LogP contribution in [-0.2, 0) is 21.2 Å². The van der Waals surface area contributed by atoms with Crippen molar-refractivity contribution in [3.05, 3.63) is 30.1 Å². The Morgan fingerprint density at radius 2 is 2.00 bits per heavy atom. The van der Waals surface area contributed by atoms with Gasteiger partial charge in [-0.25, -0.2) is 8.42 Å². The van der Waals surface area contributed by atoms with E-state index in [1.165, 1.54) is 4.31 Å². The van der Waals surface area contributed by atoms with Crippen LogP contribution in [0.25, 0.3) is 0 Å². The largest absolute Gasteiger partial charge is 0.353 e. The molecule has 3 rings (SSSR count). The number of carbonyl (C=O) groups is 1. The number of fused-ring (bicyclic) bond motifs is 1. The maximum Gasteiger partial charge on any atom is 0.238 e. The molecule has 2 saturated heterocycles. The van der Waals surface area contributed by atoms with Crippen molar-refractivity contribution in [1.82, 2.24) is 19.5 Å². The van der Waals surface area contributed by atoms with Gasteiger partial charge in [0.1, 0.15) is 6.04 Å². The van der Waals surface area contributed by atoms with Crippen LogP contribution < -0.4 is 5.32 Å². The van der Waals surface area contributed by atoms with E-state index in [2.05, 4.69) is 15.2 Å². The Balaban J connectivity index is 1.64. The summed E-state index contributed by atoms with van der Waals surface area (Å²) < 4.78 is 26.5. The first-order valence-electron chi connectivity index (χ1n) is 7.45. The van der Waals surface area contributed by atoms with Crippen LogP contribution in [0.2, 0.25) is 0 Å². The van der Waals surface area contributed by atoms with E-state index >= 15 is 0 Å². The zero-order valence-electron chi connectivity index (χ0n) is 12.3. The second-order valence-electron chi connectivity index (χ2n) is 5.62. The van der Waals surface area contributed by atoms with E-state index in [1.807, 2.05) is 12.1 Å². The molecule has 0 bridgehead atoms. The summed E-state index contributed by atoms with van der Waals surface area (Å²) in [6, 6.07) is 3.29. The van der Waals surface area contributed by atoms with Gasteiger partial charge in [-0.3, -0.25) is 14.7 Å². The molecule has 1 amide bonds. The molecule has 1 aromatic heterocycles. The third-order valence-electron chi connectivity index (χ3n) is 4.25. The van der Waals surface area contributed by atoms with Gasteiger partial charge in [-0.1, -0.05) is 0 Å². The van der Waals surface area contributed by atoms with E-state index in [1.54, 1.807) is 12.4 Å². The highest BCUT2D eigenvalue weighted by molar-refractivity contribution is 7.89. The summed E-state index contributed by atoms with van der Waals surface area (Å²) in [5.74, 6) is -0.00832. The van der Waals surface area contributed by atoms with Gasteiger partial charge in [0.2, 0.25) is 15.9 Å². The van der Waals surface area contributed by atoms with Gasteiger partial charge >= 0.3 is 0 Å². The number of nitrogens with zero attached hydrogens (tertiary/aromatic N) is 3. The molecule has 1 N–H and O–H groups in total. The molecule has 2 fully saturated rings. The summed E-state index contributed by atoms with van der Waals surface area (Å²) in [6.45, 7) is 2.77. The van der Waals surface area contributed by atoms with Crippen LogP contribution in [0.5, 0.6) is 0 Å². The number of rotatable bonds is 4. The van der Waals surface area contributed by atoms with Crippen molar-refractivity contribution in [2.45, 2.75) is 12.5 Å². The number of hydrogen-bond donors (Lipinski definition) is 1. The topological polar surface area (TPSA) is 82.6 Å². The van der Waals surface area contributed by atoms with E-state index in [4.69, 9.17) is 0 Å². The molecule has 1 atom stereocenters. The lowest BCUT2D eigenvalue weighted by Gasteiger charge is -2.42. The smallest absolute Gasteiger partial charge is 0.238 e. The van der Waals surface area contributed by atoms with Gasteiger partial charge in [-0.05, 0) is 24.1 Å². The number of pyridine rings is 1. The van der Waals surface area contributed by atoms with Gasteiger partial charge in [0.15, 0.2) is 0 Å². The highest BCUT2D eigenvalue weighted by atomic mass is 32.2. The van der Waals surface area contributed by atoms with Gasteiger partial charge in [0.05, 0.1) is 5.75 Å². The zero-order valence-corrected chi connectivity index (χ0v) is 13.1. The Morgan fingerprint density at radius 3 is 2.77 bits per heavy atom. The van der Waals surface area contributed by atoms with Crippen LogP contribution in [0.4, 0.5) is 0 Å². The normalized spacial score (nSPS) is 23.8. The number of amides is 1. The highest BCUT2D eigenvalue weighted by Crippen LogP contribution is 2.16. The Labute approximate surface area is 130 Å². The van der Waals surface area contributed by atoms with Crippen molar-refractivity contribution in [3.63, 3.8) is 0 Å². The maximum absolute atomic E-state index is 12.5. The molecule has 1 aromatic rings. The predicted octanol–water partition coefficient (Wildman–Crippen LogP) is -0.930. The number of sulfonamides is 1. The summed E-state index contributed by atoms with van der Waals surface area (Å²) >= 11 is 0. The van der Waals surface area contributed by atoms with Crippen LogP contribution in [-0.4, -0.2) is 73.0 Å². The van der Waals surface area contributed by atoms with E-state index in [0.717, 1.165) is 12.1 Å². The lowest BCUT2D eigenvalue weighted by molar-refractivity contribution is -0.130. The highest BCUT2D eigenvalue weighted by Gasteiger charge is 2.38. The minimum Gasteiger partial charge on any atom is -0.353 e. The molecule has 8 heteroatoms. The van der Waals surface area contributed by atoms with Crippen LogP contribution in [0.1, 0.15) is 5.56 Å². The van der Waals surface area contributed by atoms with Crippen LogP contribution in [0, 0.1) is 0 Å². The van der Waals surface area contributed by atoms with Crippen molar-refractivity contribution >= 4 is 15.9 Å². The third kappa shape index (κ3) is 3.29. The summed E-state index contributed by atoms with van der Waals surface area (Å²) in [5.41, 5.74) is 0.952. The number of nitrogens with one attached hydrogen (secondary N) is 1. The van der Waals surface area contributed by atoms with Gasteiger partial charge in [0.25, 0.3) is 0 Å². The Bertz CT molecular complexity index is 635. The maximum atomic E-state index is 12.5.